The number of hydrogen-bond acceptors (Lipinski definition) is 3. The van der Waals surface area contributed by atoms with Crippen LogP contribution in [-0.4, -0.2) is 35.1 Å². The molecule has 0 radical (unpaired) electrons. The van der Waals surface area contributed by atoms with Crippen molar-refractivity contribution in [3.8, 4) is 0 Å². The summed E-state index contributed by atoms with van der Waals surface area (Å²) >= 11 is 0. The van der Waals surface area contributed by atoms with Crippen molar-refractivity contribution < 1.29 is 5.21 Å². The van der Waals surface area contributed by atoms with Crippen molar-refractivity contribution in [2.75, 3.05) is 13.1 Å². The first kappa shape index (κ1) is 11.7. The summed E-state index contributed by atoms with van der Waals surface area (Å²) in [5, 5.41) is 11.8. The number of nitrogens with two attached hydrogens (primary N) is 1. The quantitative estimate of drug-likeness (QED) is 0.326. The van der Waals surface area contributed by atoms with Gasteiger partial charge in [-0.2, -0.15) is 0 Å². The molecule has 2 aliphatic rings. The maximum atomic E-state index is 8.68. The van der Waals surface area contributed by atoms with E-state index < -0.39 is 0 Å². The van der Waals surface area contributed by atoms with E-state index in [9.17, 15) is 0 Å². The van der Waals surface area contributed by atoms with E-state index >= 15 is 0 Å². The lowest BCUT2D eigenvalue weighted by Gasteiger charge is -2.41. The summed E-state index contributed by atoms with van der Waals surface area (Å²) in [7, 11) is 0. The molecule has 1 heterocycles. The fraction of sp³-hybridized carbons (Fsp3) is 0.917. The fourth-order valence-corrected chi connectivity index (χ4v) is 3.28. The van der Waals surface area contributed by atoms with E-state index in [2.05, 4.69) is 10.1 Å². The molecule has 0 aromatic rings. The van der Waals surface area contributed by atoms with Gasteiger partial charge in [-0.1, -0.05) is 18.0 Å². The highest BCUT2D eigenvalue weighted by atomic mass is 16.4. The summed E-state index contributed by atoms with van der Waals surface area (Å²) in [6, 6.07) is 0.0729. The van der Waals surface area contributed by atoms with Crippen LogP contribution in [0.4, 0.5) is 0 Å². The van der Waals surface area contributed by atoms with E-state index in [1.54, 1.807) is 0 Å². The summed E-state index contributed by atoms with van der Waals surface area (Å²) in [6.07, 6.45) is 8.23. The van der Waals surface area contributed by atoms with E-state index in [-0.39, 0.29) is 6.04 Å². The van der Waals surface area contributed by atoms with E-state index in [0.29, 0.717) is 11.3 Å². The smallest absolute Gasteiger partial charge is 0.156 e. The lowest BCUT2D eigenvalue weighted by molar-refractivity contribution is 0.0981. The molecule has 1 saturated heterocycles. The van der Waals surface area contributed by atoms with Crippen LogP contribution in [0.2, 0.25) is 0 Å². The molecule has 16 heavy (non-hydrogen) atoms. The molecule has 4 heteroatoms. The number of nitrogens with zero attached hydrogens (tertiary/aromatic N) is 2. The molecule has 2 fully saturated rings. The molecule has 0 aromatic carbocycles. The van der Waals surface area contributed by atoms with Crippen LogP contribution in [0.1, 0.15) is 45.4 Å². The Kier molecular flexibility index (Phi) is 3.38. The Hall–Kier alpha value is -0.770. The van der Waals surface area contributed by atoms with Crippen LogP contribution in [0.5, 0.6) is 0 Å². The highest BCUT2D eigenvalue weighted by Crippen LogP contribution is 2.46. The number of likely N-dealkylation sites (tertiary alicyclic amines) is 1. The molecule has 1 saturated carbocycles. The highest BCUT2D eigenvalue weighted by molar-refractivity contribution is 5.84. The minimum atomic E-state index is 0.0729. The van der Waals surface area contributed by atoms with Crippen LogP contribution >= 0.6 is 0 Å². The maximum absolute atomic E-state index is 8.68. The van der Waals surface area contributed by atoms with E-state index in [0.717, 1.165) is 13.1 Å². The predicted octanol–water partition coefficient (Wildman–Crippen LogP) is 1.78. The van der Waals surface area contributed by atoms with Gasteiger partial charge in [-0.25, -0.2) is 0 Å². The standard InChI is InChI=1S/C12H23N3O/c1-10(11(13)14-16)15-8-6-12(7-9-15)4-2-3-5-12/h10,16H,2-9H2,1H3,(H2,13,14). The van der Waals surface area contributed by atoms with Crippen LogP contribution in [0.25, 0.3) is 0 Å². The molecule has 1 aliphatic carbocycles. The molecule has 3 N–H and O–H groups in total. The van der Waals surface area contributed by atoms with Crippen molar-refractivity contribution in [3.05, 3.63) is 0 Å². The van der Waals surface area contributed by atoms with Gasteiger partial charge in [0.1, 0.15) is 0 Å². The van der Waals surface area contributed by atoms with Gasteiger partial charge in [-0.3, -0.25) is 4.90 Å². The number of oxime groups is 1. The summed E-state index contributed by atoms with van der Waals surface area (Å²) in [6.45, 7) is 4.20. The molecule has 2 rings (SSSR count). The third-order valence-electron chi connectivity index (χ3n) is 4.61. The minimum absolute atomic E-state index is 0.0729. The van der Waals surface area contributed by atoms with Gasteiger partial charge in [0.15, 0.2) is 5.84 Å². The van der Waals surface area contributed by atoms with Crippen molar-refractivity contribution in [3.63, 3.8) is 0 Å². The molecule has 0 aromatic heterocycles. The summed E-state index contributed by atoms with van der Waals surface area (Å²) in [5.41, 5.74) is 6.29. The molecular weight excluding hydrogens is 202 g/mol. The summed E-state index contributed by atoms with van der Waals surface area (Å²) < 4.78 is 0. The second-order valence-corrected chi connectivity index (χ2v) is 5.44. The van der Waals surface area contributed by atoms with E-state index in [4.69, 9.17) is 10.9 Å². The number of rotatable bonds is 2. The molecule has 4 nitrogen and oxygen atoms in total. The zero-order valence-corrected chi connectivity index (χ0v) is 10.2. The van der Waals surface area contributed by atoms with Gasteiger partial charge < -0.3 is 10.9 Å². The SMILES string of the molecule is CC(C(N)=NO)N1CCC2(CCCC2)CC1. The van der Waals surface area contributed by atoms with Gasteiger partial charge >= 0.3 is 0 Å². The third-order valence-corrected chi connectivity index (χ3v) is 4.61. The number of amidine groups is 1. The Morgan fingerprint density at radius 2 is 1.81 bits per heavy atom. The molecule has 1 atom stereocenters. The molecule has 1 spiro atoms. The predicted molar refractivity (Wildman–Crippen MR) is 64.6 cm³/mol. The number of hydrogen-bond donors (Lipinski definition) is 2. The van der Waals surface area contributed by atoms with Crippen molar-refractivity contribution in [2.45, 2.75) is 51.5 Å². The van der Waals surface area contributed by atoms with E-state index in [1.165, 1.54) is 38.5 Å². The average molecular weight is 225 g/mol. The molecular formula is C12H23N3O. The lowest BCUT2D eigenvalue weighted by atomic mass is 9.77. The molecule has 1 aliphatic heterocycles. The van der Waals surface area contributed by atoms with E-state index in [1.807, 2.05) is 6.92 Å². The second-order valence-electron chi connectivity index (χ2n) is 5.44. The van der Waals surface area contributed by atoms with Gasteiger partial charge in [0, 0.05) is 0 Å². The van der Waals surface area contributed by atoms with Crippen molar-refractivity contribution >= 4 is 5.84 Å². The van der Waals surface area contributed by atoms with Crippen LogP contribution in [-0.2, 0) is 0 Å². The lowest BCUT2D eigenvalue weighted by Crippen LogP contribution is -2.48. The average Bonchev–Trinajstić information content (AvgIpc) is 2.77. The normalized spacial score (nSPS) is 28.4. The number of piperidine rings is 1. The first-order valence-corrected chi connectivity index (χ1v) is 6.38. The molecule has 1 unspecified atom stereocenters. The Bertz CT molecular complexity index is 261. The highest BCUT2D eigenvalue weighted by Gasteiger charge is 2.38. The summed E-state index contributed by atoms with van der Waals surface area (Å²) in [5.74, 6) is 0.336. The first-order valence-electron chi connectivity index (χ1n) is 6.38. The van der Waals surface area contributed by atoms with Crippen molar-refractivity contribution in [1.82, 2.24) is 4.90 Å². The largest absolute Gasteiger partial charge is 0.409 e. The van der Waals surface area contributed by atoms with Gasteiger partial charge in [0.25, 0.3) is 0 Å². The van der Waals surface area contributed by atoms with Crippen molar-refractivity contribution in [2.24, 2.45) is 16.3 Å². The topological polar surface area (TPSA) is 61.9 Å². The third kappa shape index (κ3) is 2.17. The van der Waals surface area contributed by atoms with Crippen LogP contribution < -0.4 is 5.73 Å². The second kappa shape index (κ2) is 4.62. The Morgan fingerprint density at radius 1 is 1.25 bits per heavy atom. The van der Waals surface area contributed by atoms with Crippen LogP contribution in [0, 0.1) is 5.41 Å². The van der Waals surface area contributed by atoms with Gasteiger partial charge in [0.2, 0.25) is 0 Å². The van der Waals surface area contributed by atoms with Gasteiger partial charge in [0.05, 0.1) is 6.04 Å². The zero-order chi connectivity index (χ0) is 11.6. The van der Waals surface area contributed by atoms with Gasteiger partial charge in [-0.15, -0.1) is 0 Å². The van der Waals surface area contributed by atoms with Gasteiger partial charge in [-0.05, 0) is 51.1 Å². The Labute approximate surface area is 97.5 Å². The minimum Gasteiger partial charge on any atom is -0.409 e. The Balaban J connectivity index is 1.89. The Morgan fingerprint density at radius 3 is 2.31 bits per heavy atom. The fourth-order valence-electron chi connectivity index (χ4n) is 3.28. The molecule has 0 bridgehead atoms. The maximum Gasteiger partial charge on any atom is 0.156 e. The van der Waals surface area contributed by atoms with Crippen LogP contribution in [0.15, 0.2) is 5.16 Å². The first-order chi connectivity index (χ1) is 7.67. The molecule has 92 valence electrons. The zero-order valence-electron chi connectivity index (χ0n) is 10.2. The van der Waals surface area contributed by atoms with Crippen LogP contribution in [0.3, 0.4) is 0 Å². The summed E-state index contributed by atoms with van der Waals surface area (Å²) in [4.78, 5) is 2.33. The van der Waals surface area contributed by atoms with Crippen molar-refractivity contribution in [1.29, 1.82) is 0 Å². The monoisotopic (exact) mass is 225 g/mol. The molecule has 0 amide bonds.